The maximum atomic E-state index is 13.2. The Labute approximate surface area is 218 Å². The lowest BCUT2D eigenvalue weighted by Gasteiger charge is -2.24. The number of ether oxygens (including phenoxy) is 1. The Bertz CT molecular complexity index is 1280. The molecule has 186 valence electrons. The number of hydrogen-bond acceptors (Lipinski definition) is 4. The fourth-order valence-corrected chi connectivity index (χ4v) is 4.43. The van der Waals surface area contributed by atoms with Crippen LogP contribution in [0.4, 0.5) is 5.69 Å². The van der Waals surface area contributed by atoms with E-state index in [0.717, 1.165) is 46.3 Å². The van der Waals surface area contributed by atoms with Gasteiger partial charge in [0.15, 0.2) is 0 Å². The highest BCUT2D eigenvalue weighted by Gasteiger charge is 2.16. The summed E-state index contributed by atoms with van der Waals surface area (Å²) in [4.78, 5) is 19.7. The minimum absolute atomic E-state index is 0.125. The zero-order chi connectivity index (χ0) is 25.3. The second-order valence-corrected chi connectivity index (χ2v) is 9.48. The number of methoxy groups -OCH3 is 1. The van der Waals surface area contributed by atoms with Crippen LogP contribution in [0.2, 0.25) is 5.02 Å². The van der Waals surface area contributed by atoms with Crippen LogP contribution in [0.25, 0.3) is 10.9 Å². The number of benzene rings is 3. The number of hydrogen-bond donors (Lipinski definition) is 1. The van der Waals surface area contributed by atoms with Crippen LogP contribution in [0.1, 0.15) is 30.9 Å². The first-order valence-electron chi connectivity index (χ1n) is 12.3. The van der Waals surface area contributed by atoms with E-state index in [2.05, 4.69) is 17.2 Å². The van der Waals surface area contributed by atoms with Gasteiger partial charge in [0.25, 0.3) is 0 Å². The fourth-order valence-electron chi connectivity index (χ4n) is 4.30. The quantitative estimate of drug-likeness (QED) is 0.247. The van der Waals surface area contributed by atoms with Gasteiger partial charge in [0, 0.05) is 41.8 Å². The van der Waals surface area contributed by atoms with Crippen molar-refractivity contribution in [2.24, 2.45) is 0 Å². The Balaban J connectivity index is 1.40. The molecule has 0 fully saturated rings. The summed E-state index contributed by atoms with van der Waals surface area (Å²) >= 11 is 6.06. The van der Waals surface area contributed by atoms with Crippen LogP contribution in [0, 0.1) is 0 Å². The van der Waals surface area contributed by atoms with Crippen molar-refractivity contribution in [2.45, 2.75) is 38.8 Å². The molecule has 0 saturated heterocycles. The number of halogens is 1. The highest BCUT2D eigenvalue weighted by molar-refractivity contribution is 6.30. The maximum absolute atomic E-state index is 13.2. The van der Waals surface area contributed by atoms with Gasteiger partial charge in [-0.05, 0) is 55.2 Å². The van der Waals surface area contributed by atoms with E-state index < -0.39 is 0 Å². The van der Waals surface area contributed by atoms with Crippen LogP contribution >= 0.6 is 11.6 Å². The summed E-state index contributed by atoms with van der Waals surface area (Å²) in [5.41, 5.74) is 3.97. The number of amides is 1. The van der Waals surface area contributed by atoms with E-state index >= 15 is 0 Å². The number of aromatic nitrogens is 1. The molecule has 0 aliphatic carbocycles. The van der Waals surface area contributed by atoms with Crippen molar-refractivity contribution in [1.29, 1.82) is 0 Å². The molecule has 3 aromatic carbocycles. The molecular weight excluding hydrogens is 470 g/mol. The molecule has 1 N–H and O–H groups in total. The second-order valence-electron chi connectivity index (χ2n) is 9.04. The average Bonchev–Trinajstić information content (AvgIpc) is 2.89. The number of anilines is 1. The molecule has 0 bridgehead atoms. The standard InChI is InChI=1S/C30H32ClN3O2/c1-22(33-28-20-27(36-2)19-25-11-6-16-32-30(25)28)8-7-17-34(21-24-12-14-26(31)15-13-24)29(35)18-23-9-4-3-5-10-23/h3-6,9-16,19-20,22,33H,7-8,17-18,21H2,1-2H3. The van der Waals surface area contributed by atoms with E-state index in [-0.39, 0.29) is 11.9 Å². The van der Waals surface area contributed by atoms with E-state index in [1.807, 2.05) is 83.8 Å². The van der Waals surface area contributed by atoms with Gasteiger partial charge in [-0.2, -0.15) is 0 Å². The predicted octanol–water partition coefficient (Wildman–Crippen LogP) is 6.75. The van der Waals surface area contributed by atoms with Gasteiger partial charge in [-0.3, -0.25) is 9.78 Å². The molecule has 4 aromatic rings. The minimum Gasteiger partial charge on any atom is -0.497 e. The topological polar surface area (TPSA) is 54.5 Å². The SMILES string of the molecule is COc1cc(NC(C)CCCN(Cc2ccc(Cl)cc2)C(=O)Cc2ccccc2)c2ncccc2c1. The lowest BCUT2D eigenvalue weighted by atomic mass is 10.1. The highest BCUT2D eigenvalue weighted by atomic mass is 35.5. The molecule has 0 spiro atoms. The molecule has 0 aliphatic heterocycles. The van der Waals surface area contributed by atoms with Gasteiger partial charge in [-0.15, -0.1) is 0 Å². The third-order valence-electron chi connectivity index (χ3n) is 6.22. The van der Waals surface area contributed by atoms with Crippen molar-refractivity contribution in [3.63, 3.8) is 0 Å². The largest absolute Gasteiger partial charge is 0.497 e. The fraction of sp³-hybridized carbons (Fsp3) is 0.267. The lowest BCUT2D eigenvalue weighted by molar-refractivity contribution is -0.131. The summed E-state index contributed by atoms with van der Waals surface area (Å²) in [6.07, 6.45) is 3.97. The molecule has 1 atom stereocenters. The smallest absolute Gasteiger partial charge is 0.227 e. The summed E-state index contributed by atoms with van der Waals surface area (Å²) < 4.78 is 5.48. The van der Waals surface area contributed by atoms with E-state index in [1.54, 1.807) is 13.3 Å². The van der Waals surface area contributed by atoms with Gasteiger partial charge in [-0.25, -0.2) is 0 Å². The highest BCUT2D eigenvalue weighted by Crippen LogP contribution is 2.28. The predicted molar refractivity (Wildman–Crippen MR) is 148 cm³/mol. The zero-order valence-corrected chi connectivity index (χ0v) is 21.5. The third kappa shape index (κ3) is 6.98. The van der Waals surface area contributed by atoms with Gasteiger partial charge in [0.05, 0.1) is 24.7 Å². The van der Waals surface area contributed by atoms with Crippen LogP contribution in [0.5, 0.6) is 5.75 Å². The summed E-state index contributed by atoms with van der Waals surface area (Å²) in [5, 5.41) is 5.33. The summed E-state index contributed by atoms with van der Waals surface area (Å²) in [6.45, 7) is 3.40. The molecule has 1 heterocycles. The molecular formula is C30H32ClN3O2. The first kappa shape index (κ1) is 25.5. The summed E-state index contributed by atoms with van der Waals surface area (Å²) in [5.74, 6) is 0.922. The van der Waals surface area contributed by atoms with E-state index in [4.69, 9.17) is 16.3 Å². The average molecular weight is 502 g/mol. The van der Waals surface area contributed by atoms with Gasteiger partial charge in [0.2, 0.25) is 5.91 Å². The minimum atomic E-state index is 0.125. The van der Waals surface area contributed by atoms with Gasteiger partial charge in [0.1, 0.15) is 5.75 Å². The summed E-state index contributed by atoms with van der Waals surface area (Å²) in [6, 6.07) is 25.7. The second kappa shape index (κ2) is 12.4. The van der Waals surface area contributed by atoms with Crippen molar-refractivity contribution >= 4 is 34.1 Å². The number of fused-ring (bicyclic) bond motifs is 1. The van der Waals surface area contributed by atoms with Crippen LogP contribution in [-0.2, 0) is 17.8 Å². The molecule has 6 heteroatoms. The maximum Gasteiger partial charge on any atom is 0.227 e. The molecule has 1 unspecified atom stereocenters. The Kier molecular flexibility index (Phi) is 8.80. The number of carbonyl (C=O) groups excluding carboxylic acids is 1. The molecule has 0 radical (unpaired) electrons. The Morgan fingerprint density at radius 2 is 1.81 bits per heavy atom. The summed E-state index contributed by atoms with van der Waals surface area (Å²) in [7, 11) is 1.67. The van der Waals surface area contributed by atoms with Crippen LogP contribution < -0.4 is 10.1 Å². The zero-order valence-electron chi connectivity index (χ0n) is 20.8. The third-order valence-corrected chi connectivity index (χ3v) is 6.47. The van der Waals surface area contributed by atoms with Crippen LogP contribution in [-0.4, -0.2) is 35.5 Å². The number of pyridine rings is 1. The number of nitrogens with zero attached hydrogens (tertiary/aromatic N) is 2. The molecule has 0 aliphatic rings. The number of rotatable bonds is 11. The van der Waals surface area contributed by atoms with Crippen molar-refractivity contribution < 1.29 is 9.53 Å². The van der Waals surface area contributed by atoms with E-state index in [0.29, 0.717) is 24.5 Å². The van der Waals surface area contributed by atoms with Gasteiger partial charge in [-0.1, -0.05) is 60.1 Å². The van der Waals surface area contributed by atoms with E-state index in [9.17, 15) is 4.79 Å². The lowest BCUT2D eigenvalue weighted by Crippen LogP contribution is -2.33. The van der Waals surface area contributed by atoms with Crippen LogP contribution in [0.15, 0.2) is 85.1 Å². The molecule has 36 heavy (non-hydrogen) atoms. The number of nitrogens with one attached hydrogen (secondary N) is 1. The molecule has 0 saturated carbocycles. The van der Waals surface area contributed by atoms with Crippen molar-refractivity contribution in [2.75, 3.05) is 19.0 Å². The van der Waals surface area contributed by atoms with Crippen molar-refractivity contribution in [3.05, 3.63) is 101 Å². The van der Waals surface area contributed by atoms with Gasteiger partial charge >= 0.3 is 0 Å². The Morgan fingerprint density at radius 1 is 1.03 bits per heavy atom. The van der Waals surface area contributed by atoms with Crippen molar-refractivity contribution in [1.82, 2.24) is 9.88 Å². The molecule has 1 aromatic heterocycles. The first-order valence-corrected chi connectivity index (χ1v) is 12.6. The first-order chi connectivity index (χ1) is 17.5. The Hall–Kier alpha value is -3.57. The normalized spacial score (nSPS) is 11.8. The van der Waals surface area contributed by atoms with Gasteiger partial charge < -0.3 is 15.0 Å². The molecule has 1 amide bonds. The van der Waals surface area contributed by atoms with E-state index in [1.165, 1.54) is 0 Å². The molecule has 4 rings (SSSR count). The van der Waals surface area contributed by atoms with Crippen LogP contribution in [0.3, 0.4) is 0 Å². The number of carbonyl (C=O) groups is 1. The Morgan fingerprint density at radius 3 is 2.56 bits per heavy atom. The molecule has 5 nitrogen and oxygen atoms in total. The monoisotopic (exact) mass is 501 g/mol. The van der Waals surface area contributed by atoms with Crippen molar-refractivity contribution in [3.8, 4) is 5.75 Å².